The van der Waals surface area contributed by atoms with E-state index in [4.69, 9.17) is 0 Å². The van der Waals surface area contributed by atoms with Crippen LogP contribution in [0.1, 0.15) is 30.1 Å². The largest absolute Gasteiger partial charge is 0.272 e. The van der Waals surface area contributed by atoms with Gasteiger partial charge >= 0.3 is 0 Å². The van der Waals surface area contributed by atoms with Gasteiger partial charge in [0.15, 0.2) is 0 Å². The first-order chi connectivity index (χ1) is 10.0. The van der Waals surface area contributed by atoms with Crippen molar-refractivity contribution in [2.24, 2.45) is 11.3 Å². The Labute approximate surface area is 121 Å². The quantitative estimate of drug-likeness (QED) is 0.651. The zero-order chi connectivity index (χ0) is 15.0. The van der Waals surface area contributed by atoms with Crippen LogP contribution in [0, 0.1) is 11.3 Å². The first-order valence-corrected chi connectivity index (χ1v) is 6.78. The van der Waals surface area contributed by atoms with Crippen LogP contribution in [0.2, 0.25) is 0 Å². The van der Waals surface area contributed by atoms with Gasteiger partial charge in [0.25, 0.3) is 17.7 Å². The van der Waals surface area contributed by atoms with Gasteiger partial charge in [0.1, 0.15) is 0 Å². The Morgan fingerprint density at radius 1 is 1.33 bits per heavy atom. The standard InChI is InChI=1S/C15H15N3O3/c1-15-7-3-2-4-11(15)13(20)18(14(15)21)17-12(19)10-5-8-16-9-6-10/h2-3,5-6,8-9,11H,4,7H2,1H3,(H,17,19)/t11-,15+/m1/s1. The highest BCUT2D eigenvalue weighted by Gasteiger charge is 2.56. The molecule has 3 amide bonds. The number of amides is 3. The summed E-state index contributed by atoms with van der Waals surface area (Å²) in [5, 5.41) is 0.875. The lowest BCUT2D eigenvalue weighted by atomic mass is 9.72. The predicted octanol–water partition coefficient (Wildman–Crippen LogP) is 1.07. The van der Waals surface area contributed by atoms with Crippen molar-refractivity contribution in [1.82, 2.24) is 15.4 Å². The summed E-state index contributed by atoms with van der Waals surface area (Å²) in [6.07, 6.45) is 7.83. The summed E-state index contributed by atoms with van der Waals surface area (Å²) >= 11 is 0. The summed E-state index contributed by atoms with van der Waals surface area (Å²) in [5.74, 6) is -1.57. The van der Waals surface area contributed by atoms with E-state index in [1.807, 2.05) is 12.2 Å². The molecule has 0 bridgehead atoms. The molecule has 1 fully saturated rings. The first kappa shape index (κ1) is 13.5. The molecule has 6 heteroatoms. The van der Waals surface area contributed by atoms with Gasteiger partial charge in [-0.2, -0.15) is 5.01 Å². The third kappa shape index (κ3) is 2.03. The molecule has 2 atom stereocenters. The maximum atomic E-state index is 12.5. The zero-order valence-corrected chi connectivity index (χ0v) is 11.6. The minimum atomic E-state index is -0.753. The van der Waals surface area contributed by atoms with Crippen molar-refractivity contribution in [2.75, 3.05) is 0 Å². The number of hydrazine groups is 1. The average molecular weight is 285 g/mol. The van der Waals surface area contributed by atoms with Gasteiger partial charge in [-0.05, 0) is 31.9 Å². The molecule has 1 aromatic heterocycles. The Bertz CT molecular complexity index is 641. The van der Waals surface area contributed by atoms with Crippen LogP contribution in [0.25, 0.3) is 0 Å². The first-order valence-electron chi connectivity index (χ1n) is 6.78. The van der Waals surface area contributed by atoms with Gasteiger partial charge in [0.05, 0.1) is 11.3 Å². The number of rotatable bonds is 2. The number of nitrogens with one attached hydrogen (secondary N) is 1. The van der Waals surface area contributed by atoms with Crippen molar-refractivity contribution in [2.45, 2.75) is 19.8 Å². The number of carbonyl (C=O) groups is 3. The van der Waals surface area contributed by atoms with Gasteiger partial charge in [-0.3, -0.25) is 24.8 Å². The van der Waals surface area contributed by atoms with Crippen molar-refractivity contribution in [3.8, 4) is 0 Å². The van der Waals surface area contributed by atoms with Crippen LogP contribution in [0.5, 0.6) is 0 Å². The van der Waals surface area contributed by atoms with Crippen molar-refractivity contribution < 1.29 is 14.4 Å². The van der Waals surface area contributed by atoms with E-state index in [1.54, 1.807) is 6.92 Å². The third-order valence-electron chi connectivity index (χ3n) is 4.22. The number of aromatic nitrogens is 1. The second-order valence-electron chi connectivity index (χ2n) is 5.54. The molecule has 0 saturated carbocycles. The number of hydrogen-bond acceptors (Lipinski definition) is 4. The molecule has 0 radical (unpaired) electrons. The summed E-state index contributed by atoms with van der Waals surface area (Å²) < 4.78 is 0. The molecule has 1 saturated heterocycles. The number of fused-ring (bicyclic) bond motifs is 1. The van der Waals surface area contributed by atoms with E-state index in [9.17, 15) is 14.4 Å². The lowest BCUT2D eigenvalue weighted by molar-refractivity contribution is -0.144. The molecule has 1 aliphatic carbocycles. The van der Waals surface area contributed by atoms with E-state index < -0.39 is 17.2 Å². The molecule has 6 nitrogen and oxygen atoms in total. The fraction of sp³-hybridized carbons (Fsp3) is 0.333. The van der Waals surface area contributed by atoms with Crippen LogP contribution in [0.4, 0.5) is 0 Å². The predicted molar refractivity (Wildman–Crippen MR) is 73.5 cm³/mol. The van der Waals surface area contributed by atoms with Gasteiger partial charge in [-0.1, -0.05) is 12.2 Å². The lowest BCUT2D eigenvalue weighted by Gasteiger charge is -2.27. The molecule has 0 unspecified atom stereocenters. The molecular weight excluding hydrogens is 270 g/mol. The molecule has 0 aromatic carbocycles. The van der Waals surface area contributed by atoms with Crippen LogP contribution in [-0.2, 0) is 9.59 Å². The van der Waals surface area contributed by atoms with E-state index in [1.165, 1.54) is 24.5 Å². The van der Waals surface area contributed by atoms with Gasteiger partial charge in [0, 0.05) is 18.0 Å². The van der Waals surface area contributed by atoms with Crippen LogP contribution >= 0.6 is 0 Å². The van der Waals surface area contributed by atoms with Crippen LogP contribution < -0.4 is 5.43 Å². The van der Waals surface area contributed by atoms with Crippen molar-refractivity contribution >= 4 is 17.7 Å². The number of hydrogen-bond donors (Lipinski definition) is 1. The maximum Gasteiger partial charge on any atom is 0.270 e. The third-order valence-corrected chi connectivity index (χ3v) is 4.22. The number of carbonyl (C=O) groups excluding carboxylic acids is 3. The van der Waals surface area contributed by atoms with E-state index in [0.29, 0.717) is 18.4 Å². The topological polar surface area (TPSA) is 79.4 Å². The minimum absolute atomic E-state index is 0.339. The zero-order valence-electron chi connectivity index (χ0n) is 11.6. The van der Waals surface area contributed by atoms with Crippen LogP contribution in [-0.4, -0.2) is 27.7 Å². The smallest absolute Gasteiger partial charge is 0.270 e. The molecule has 21 heavy (non-hydrogen) atoms. The second-order valence-corrected chi connectivity index (χ2v) is 5.54. The molecule has 1 N–H and O–H groups in total. The van der Waals surface area contributed by atoms with E-state index in [-0.39, 0.29) is 11.8 Å². The molecule has 0 spiro atoms. The lowest BCUT2D eigenvalue weighted by Crippen LogP contribution is -2.47. The SMILES string of the molecule is C[C@]12CC=CC[C@@H]1C(=O)N(NC(=O)c1ccncc1)C2=O. The molecule has 1 aromatic rings. The fourth-order valence-corrected chi connectivity index (χ4v) is 2.86. The van der Waals surface area contributed by atoms with Gasteiger partial charge < -0.3 is 0 Å². The Morgan fingerprint density at radius 2 is 2.05 bits per heavy atom. The number of pyridine rings is 1. The summed E-state index contributed by atoms with van der Waals surface area (Å²) in [4.78, 5) is 40.8. The van der Waals surface area contributed by atoms with Gasteiger partial charge in [0.2, 0.25) is 0 Å². The summed E-state index contributed by atoms with van der Waals surface area (Å²) in [5.41, 5.74) is 2.01. The Balaban J connectivity index is 1.83. The van der Waals surface area contributed by atoms with Crippen molar-refractivity contribution in [3.63, 3.8) is 0 Å². The monoisotopic (exact) mass is 285 g/mol. The molecule has 2 aliphatic rings. The second kappa shape index (κ2) is 4.80. The van der Waals surface area contributed by atoms with E-state index >= 15 is 0 Å². The maximum absolute atomic E-state index is 12.5. The van der Waals surface area contributed by atoms with Crippen LogP contribution in [0.3, 0.4) is 0 Å². The minimum Gasteiger partial charge on any atom is -0.272 e. The van der Waals surface area contributed by atoms with E-state index in [2.05, 4.69) is 10.4 Å². The Hall–Kier alpha value is -2.50. The number of allylic oxidation sites excluding steroid dienone is 2. The van der Waals surface area contributed by atoms with Crippen LogP contribution in [0.15, 0.2) is 36.7 Å². The highest BCUT2D eigenvalue weighted by Crippen LogP contribution is 2.44. The average Bonchev–Trinajstić information content (AvgIpc) is 2.69. The summed E-state index contributed by atoms with van der Waals surface area (Å²) in [6, 6.07) is 3.05. The molecule has 2 heterocycles. The normalized spacial score (nSPS) is 27.7. The molecule has 3 rings (SSSR count). The van der Waals surface area contributed by atoms with Gasteiger partial charge in [-0.15, -0.1) is 0 Å². The highest BCUT2D eigenvalue weighted by atomic mass is 16.2. The highest BCUT2D eigenvalue weighted by molar-refractivity contribution is 6.09. The molecular formula is C15H15N3O3. The van der Waals surface area contributed by atoms with Crippen molar-refractivity contribution in [1.29, 1.82) is 0 Å². The molecule has 1 aliphatic heterocycles. The fourth-order valence-electron chi connectivity index (χ4n) is 2.86. The Morgan fingerprint density at radius 3 is 2.71 bits per heavy atom. The van der Waals surface area contributed by atoms with E-state index in [0.717, 1.165) is 5.01 Å². The van der Waals surface area contributed by atoms with Crippen molar-refractivity contribution in [3.05, 3.63) is 42.2 Å². The Kier molecular flexibility index (Phi) is 3.08. The number of imide groups is 1. The summed E-state index contributed by atoms with van der Waals surface area (Å²) in [6.45, 7) is 1.78. The molecule has 108 valence electrons. The number of nitrogens with zero attached hydrogens (tertiary/aromatic N) is 2. The summed E-state index contributed by atoms with van der Waals surface area (Å²) in [7, 11) is 0. The van der Waals surface area contributed by atoms with Gasteiger partial charge in [-0.25, -0.2) is 0 Å².